The zero-order valence-corrected chi connectivity index (χ0v) is 22.1. The number of amides is 1. The molecular weight excluding hydrogens is 508 g/mol. The summed E-state index contributed by atoms with van der Waals surface area (Å²) in [6.45, 7) is -0.409. The number of nitrogens with zero attached hydrogens (tertiary/aromatic N) is 2. The molecule has 1 aromatic heterocycles. The minimum Gasteiger partial charge on any atom is -0.480 e. The molecule has 9 nitrogen and oxygen atoms in total. The Hall–Kier alpha value is -3.85. The maximum absolute atomic E-state index is 13.1. The molecule has 4 N–H and O–H groups in total. The van der Waals surface area contributed by atoms with Crippen molar-refractivity contribution in [2.24, 2.45) is 12.8 Å². The predicted molar refractivity (Wildman–Crippen MR) is 148 cm³/mol. The topological polar surface area (TPSA) is 139 Å². The van der Waals surface area contributed by atoms with Gasteiger partial charge in [0.25, 0.3) is 0 Å². The Kier molecular flexibility index (Phi) is 9.52. The van der Waals surface area contributed by atoms with Gasteiger partial charge in [0, 0.05) is 47.7 Å². The van der Waals surface area contributed by atoms with Gasteiger partial charge in [-0.25, -0.2) is 4.79 Å². The molecule has 0 atom stereocenters. The second-order valence-electron chi connectivity index (χ2n) is 9.55. The highest BCUT2D eigenvalue weighted by Crippen LogP contribution is 2.28. The number of carbonyl (C=O) groups is 3. The third-order valence-electron chi connectivity index (χ3n) is 6.93. The number of Topliss-reactive ketones (excluding diaryl/α,β-unsaturated/α-hetero) is 1. The summed E-state index contributed by atoms with van der Waals surface area (Å²) < 4.78 is 7.47. The highest BCUT2D eigenvalue weighted by atomic mass is 35.5. The first-order valence-electron chi connectivity index (χ1n) is 12.5. The summed E-state index contributed by atoms with van der Waals surface area (Å²) in [7, 11) is 1.85. The Morgan fingerprint density at radius 2 is 1.79 bits per heavy atom. The molecule has 2 aromatic carbocycles. The predicted octanol–water partition coefficient (Wildman–Crippen LogP) is 4.92. The molecule has 0 saturated heterocycles. The van der Waals surface area contributed by atoms with Crippen molar-refractivity contribution >= 4 is 47.0 Å². The minimum absolute atomic E-state index is 0. The first-order chi connectivity index (χ1) is 17.7. The molecule has 0 spiro atoms. The number of benzene rings is 2. The Labute approximate surface area is 227 Å². The molecule has 1 saturated carbocycles. The van der Waals surface area contributed by atoms with E-state index >= 15 is 0 Å². The van der Waals surface area contributed by atoms with E-state index in [1.165, 1.54) is 4.90 Å². The molecule has 1 aliphatic rings. The Morgan fingerprint density at radius 1 is 1.11 bits per heavy atom. The molecule has 0 unspecified atom stereocenters. The van der Waals surface area contributed by atoms with Gasteiger partial charge < -0.3 is 20.1 Å². The highest BCUT2D eigenvalue weighted by Gasteiger charge is 2.29. The summed E-state index contributed by atoms with van der Waals surface area (Å²) in [6, 6.07) is 12.2. The number of aromatic nitrogens is 1. The van der Waals surface area contributed by atoms with Gasteiger partial charge in [-0.15, -0.1) is 12.4 Å². The normalized spacial score (nSPS) is 13.5. The summed E-state index contributed by atoms with van der Waals surface area (Å²) in [4.78, 5) is 38.8. The summed E-state index contributed by atoms with van der Waals surface area (Å²) in [5.74, 6) is -0.854. The number of ether oxygens (including phenoxy) is 1. The fourth-order valence-corrected chi connectivity index (χ4v) is 4.94. The van der Waals surface area contributed by atoms with E-state index in [-0.39, 0.29) is 42.2 Å². The van der Waals surface area contributed by atoms with Crippen LogP contribution in [0.15, 0.2) is 48.7 Å². The summed E-state index contributed by atoms with van der Waals surface area (Å²) >= 11 is 0. The largest absolute Gasteiger partial charge is 0.480 e. The molecule has 1 aliphatic carbocycles. The van der Waals surface area contributed by atoms with E-state index in [9.17, 15) is 19.5 Å². The van der Waals surface area contributed by atoms with E-state index in [0.29, 0.717) is 22.9 Å². The molecule has 202 valence electrons. The SMILES string of the molecule is Cl.Cn1cc(C(=O)CCc2ccc(C(=N)N)cc2)c2cc(OC(=O)N(CC(=O)O)C3CCCCC3)ccc21. The average Bonchev–Trinajstić information content (AvgIpc) is 3.22. The van der Waals surface area contributed by atoms with Gasteiger partial charge in [-0.1, -0.05) is 43.5 Å². The third-order valence-corrected chi connectivity index (χ3v) is 6.93. The van der Waals surface area contributed by atoms with Crippen molar-refractivity contribution in [2.75, 3.05) is 6.54 Å². The van der Waals surface area contributed by atoms with E-state index < -0.39 is 18.6 Å². The number of ketones is 1. The lowest BCUT2D eigenvalue weighted by molar-refractivity contribution is -0.138. The van der Waals surface area contributed by atoms with Crippen LogP contribution in [-0.4, -0.2) is 50.8 Å². The number of hydrogen-bond acceptors (Lipinski definition) is 5. The number of nitrogen functional groups attached to an aromatic ring is 1. The maximum atomic E-state index is 13.1. The Morgan fingerprint density at radius 3 is 2.42 bits per heavy atom. The minimum atomic E-state index is -1.08. The van der Waals surface area contributed by atoms with Crippen LogP contribution in [0, 0.1) is 5.41 Å². The Bertz CT molecular complexity index is 1330. The van der Waals surface area contributed by atoms with Gasteiger partial charge in [0.1, 0.15) is 18.1 Å². The molecule has 3 aromatic rings. The number of halogens is 1. The quantitative estimate of drug-likeness (QED) is 0.200. The Balaban J connectivity index is 0.00000400. The van der Waals surface area contributed by atoms with Crippen molar-refractivity contribution < 1.29 is 24.2 Å². The lowest BCUT2D eigenvalue weighted by Gasteiger charge is -2.32. The first kappa shape index (κ1) is 28.7. The van der Waals surface area contributed by atoms with Gasteiger partial charge in [0.05, 0.1) is 0 Å². The van der Waals surface area contributed by atoms with E-state index in [4.69, 9.17) is 15.9 Å². The van der Waals surface area contributed by atoms with Crippen LogP contribution < -0.4 is 10.5 Å². The van der Waals surface area contributed by atoms with Crippen molar-refractivity contribution in [1.82, 2.24) is 9.47 Å². The second kappa shape index (κ2) is 12.6. The molecule has 10 heteroatoms. The number of nitrogens with two attached hydrogens (primary N) is 1. The standard InChI is InChI=1S/C28H32N4O5.ClH/c1-31-16-23(25(33)14-9-18-7-10-19(11-8-18)27(29)30)22-15-21(12-13-24(22)31)37-28(36)32(17-26(34)35)20-5-3-2-4-6-20;/h7-8,10-13,15-16,20H,2-6,9,14,17H2,1H3,(H3,29,30)(H,34,35);1H. The van der Waals surface area contributed by atoms with Crippen LogP contribution in [0.1, 0.15) is 60.0 Å². The van der Waals surface area contributed by atoms with Gasteiger partial charge in [0.2, 0.25) is 0 Å². The smallest absolute Gasteiger partial charge is 0.416 e. The number of carbonyl (C=O) groups excluding carboxylic acids is 2. The van der Waals surface area contributed by atoms with Crippen LogP contribution in [0.2, 0.25) is 0 Å². The molecule has 0 radical (unpaired) electrons. The van der Waals surface area contributed by atoms with E-state index in [0.717, 1.165) is 43.2 Å². The molecule has 0 aliphatic heterocycles. The van der Waals surface area contributed by atoms with E-state index in [1.54, 1.807) is 36.5 Å². The molecule has 1 heterocycles. The second-order valence-corrected chi connectivity index (χ2v) is 9.55. The summed E-state index contributed by atoms with van der Waals surface area (Å²) in [5.41, 5.74) is 8.46. The van der Waals surface area contributed by atoms with Crippen molar-refractivity contribution in [3.8, 4) is 5.75 Å². The number of carboxylic acids is 1. The average molecular weight is 541 g/mol. The fourth-order valence-electron chi connectivity index (χ4n) is 4.94. The zero-order valence-electron chi connectivity index (χ0n) is 21.3. The molecular formula is C28H33ClN4O5. The first-order valence-corrected chi connectivity index (χ1v) is 12.5. The fraction of sp³-hybridized carbons (Fsp3) is 0.357. The lowest BCUT2D eigenvalue weighted by Crippen LogP contribution is -2.45. The highest BCUT2D eigenvalue weighted by molar-refractivity contribution is 6.08. The van der Waals surface area contributed by atoms with Crippen molar-refractivity contribution in [1.29, 1.82) is 5.41 Å². The van der Waals surface area contributed by atoms with Crippen LogP contribution in [-0.2, 0) is 18.3 Å². The van der Waals surface area contributed by atoms with Crippen molar-refractivity contribution in [3.05, 3.63) is 65.4 Å². The number of aryl methyl sites for hydroxylation is 2. The maximum Gasteiger partial charge on any atom is 0.416 e. The van der Waals surface area contributed by atoms with Gasteiger partial charge in [-0.2, -0.15) is 0 Å². The molecule has 4 rings (SSSR count). The van der Waals surface area contributed by atoms with Gasteiger partial charge >= 0.3 is 12.1 Å². The number of aliphatic carboxylic acids is 1. The summed E-state index contributed by atoms with van der Waals surface area (Å²) in [6.07, 6.45) is 6.42. The van der Waals surface area contributed by atoms with Crippen molar-refractivity contribution in [3.63, 3.8) is 0 Å². The van der Waals surface area contributed by atoms with Gasteiger partial charge in [-0.05, 0) is 43.0 Å². The number of amidine groups is 1. The number of hydrogen-bond donors (Lipinski definition) is 3. The van der Waals surface area contributed by atoms with Crippen LogP contribution in [0.5, 0.6) is 5.75 Å². The van der Waals surface area contributed by atoms with E-state index in [2.05, 4.69) is 0 Å². The van der Waals surface area contributed by atoms with Crippen LogP contribution >= 0.6 is 12.4 Å². The van der Waals surface area contributed by atoms with Gasteiger partial charge in [0.15, 0.2) is 5.78 Å². The number of rotatable bonds is 9. The lowest BCUT2D eigenvalue weighted by atomic mass is 9.94. The molecule has 0 bridgehead atoms. The molecule has 38 heavy (non-hydrogen) atoms. The number of fused-ring (bicyclic) bond motifs is 1. The molecule has 1 fully saturated rings. The third kappa shape index (κ3) is 6.72. The van der Waals surface area contributed by atoms with Crippen LogP contribution in [0.4, 0.5) is 4.79 Å². The van der Waals surface area contributed by atoms with Crippen LogP contribution in [0.25, 0.3) is 10.9 Å². The monoisotopic (exact) mass is 540 g/mol. The van der Waals surface area contributed by atoms with Gasteiger partial charge in [-0.3, -0.25) is 19.9 Å². The number of carboxylic acid groups (broad SMARTS) is 1. The zero-order chi connectivity index (χ0) is 26.5. The van der Waals surface area contributed by atoms with Crippen LogP contribution in [0.3, 0.4) is 0 Å². The van der Waals surface area contributed by atoms with E-state index in [1.807, 2.05) is 23.7 Å². The summed E-state index contributed by atoms with van der Waals surface area (Å²) in [5, 5.41) is 17.5. The van der Waals surface area contributed by atoms with Crippen molar-refractivity contribution in [2.45, 2.75) is 51.0 Å². The number of nitrogens with one attached hydrogen (secondary N) is 1. The molecule has 1 amide bonds.